The summed E-state index contributed by atoms with van der Waals surface area (Å²) < 4.78 is 0. The Hall–Kier alpha value is -2.73. The summed E-state index contributed by atoms with van der Waals surface area (Å²) in [5.41, 5.74) is 3.16. The lowest BCUT2D eigenvalue weighted by Gasteiger charge is -2.31. The fourth-order valence-corrected chi connectivity index (χ4v) is 3.52. The summed E-state index contributed by atoms with van der Waals surface area (Å²) in [4.78, 5) is 31.3. The van der Waals surface area contributed by atoms with Crippen LogP contribution in [0.4, 0.5) is 5.82 Å². The van der Waals surface area contributed by atoms with Crippen LogP contribution in [0, 0.1) is 19.8 Å². The first-order chi connectivity index (χ1) is 13.5. The minimum absolute atomic E-state index is 0.00957. The summed E-state index contributed by atoms with van der Waals surface area (Å²) in [5, 5.41) is 5.89. The number of likely N-dealkylation sites (tertiary alicyclic amines) is 1. The number of anilines is 1. The van der Waals surface area contributed by atoms with E-state index >= 15 is 0 Å². The number of aryl methyl sites for hydroxylation is 2. The smallest absolute Gasteiger partial charge is 0.234 e. The average molecular weight is 380 g/mol. The summed E-state index contributed by atoms with van der Waals surface area (Å²) >= 11 is 0. The van der Waals surface area contributed by atoms with Crippen molar-refractivity contribution in [1.29, 1.82) is 0 Å². The summed E-state index contributed by atoms with van der Waals surface area (Å²) in [5.74, 6) is 0.422. The average Bonchev–Trinajstić information content (AvgIpc) is 2.67. The van der Waals surface area contributed by atoms with Crippen molar-refractivity contribution in [2.75, 3.05) is 25.0 Å². The zero-order valence-electron chi connectivity index (χ0n) is 16.6. The van der Waals surface area contributed by atoms with E-state index in [9.17, 15) is 9.59 Å². The van der Waals surface area contributed by atoms with Crippen LogP contribution in [0.3, 0.4) is 0 Å². The van der Waals surface area contributed by atoms with Gasteiger partial charge in [-0.05, 0) is 56.5 Å². The molecule has 3 rings (SSSR count). The molecular weight excluding hydrogens is 352 g/mol. The molecule has 0 saturated carbocycles. The molecule has 6 heteroatoms. The number of carbonyl (C=O) groups is 2. The van der Waals surface area contributed by atoms with Gasteiger partial charge in [0, 0.05) is 18.8 Å². The molecule has 0 radical (unpaired) electrons. The number of amides is 2. The van der Waals surface area contributed by atoms with E-state index in [1.165, 1.54) is 5.56 Å². The highest BCUT2D eigenvalue weighted by molar-refractivity contribution is 5.92. The van der Waals surface area contributed by atoms with Crippen molar-refractivity contribution in [2.24, 2.45) is 5.92 Å². The number of nitrogens with one attached hydrogen (secondary N) is 2. The molecule has 0 aliphatic carbocycles. The van der Waals surface area contributed by atoms with Crippen LogP contribution in [-0.4, -0.2) is 41.3 Å². The molecule has 1 aromatic carbocycles. The topological polar surface area (TPSA) is 74.3 Å². The van der Waals surface area contributed by atoms with Crippen molar-refractivity contribution in [3.63, 3.8) is 0 Å². The Balaban J connectivity index is 1.48. The Morgan fingerprint density at radius 1 is 1.14 bits per heavy atom. The van der Waals surface area contributed by atoms with Gasteiger partial charge in [-0.25, -0.2) is 4.98 Å². The van der Waals surface area contributed by atoms with Gasteiger partial charge in [0.1, 0.15) is 5.82 Å². The van der Waals surface area contributed by atoms with Gasteiger partial charge in [0.15, 0.2) is 0 Å². The minimum atomic E-state index is -0.125. The third-order valence-corrected chi connectivity index (χ3v) is 5.12. The lowest BCUT2D eigenvalue weighted by Crippen LogP contribution is -2.45. The van der Waals surface area contributed by atoms with Crippen molar-refractivity contribution < 1.29 is 9.59 Å². The molecule has 28 heavy (non-hydrogen) atoms. The normalized spacial score (nSPS) is 17.1. The first-order valence-corrected chi connectivity index (χ1v) is 9.79. The quantitative estimate of drug-likeness (QED) is 0.808. The van der Waals surface area contributed by atoms with Crippen LogP contribution in [0.25, 0.3) is 0 Å². The first kappa shape index (κ1) is 20.0. The number of rotatable bonds is 6. The van der Waals surface area contributed by atoms with E-state index in [1.54, 1.807) is 6.07 Å². The molecule has 0 bridgehead atoms. The van der Waals surface area contributed by atoms with Crippen LogP contribution in [0.15, 0.2) is 42.5 Å². The molecule has 2 N–H and O–H groups in total. The van der Waals surface area contributed by atoms with Crippen LogP contribution in [0.5, 0.6) is 0 Å². The maximum Gasteiger partial charge on any atom is 0.234 e. The predicted molar refractivity (Wildman–Crippen MR) is 110 cm³/mol. The highest BCUT2D eigenvalue weighted by atomic mass is 16.2. The van der Waals surface area contributed by atoms with Crippen LogP contribution in [-0.2, 0) is 16.1 Å². The van der Waals surface area contributed by atoms with Crippen LogP contribution in [0.2, 0.25) is 0 Å². The number of aromatic nitrogens is 1. The van der Waals surface area contributed by atoms with E-state index < -0.39 is 0 Å². The number of hydrogen-bond acceptors (Lipinski definition) is 4. The van der Waals surface area contributed by atoms with E-state index in [1.807, 2.05) is 50.2 Å². The summed E-state index contributed by atoms with van der Waals surface area (Å²) in [6.45, 7) is 6.21. The molecule has 6 nitrogen and oxygen atoms in total. The second kappa shape index (κ2) is 9.46. The van der Waals surface area contributed by atoms with Crippen molar-refractivity contribution in [3.05, 3.63) is 59.3 Å². The lowest BCUT2D eigenvalue weighted by molar-refractivity contribution is -0.125. The van der Waals surface area contributed by atoms with Gasteiger partial charge in [-0.3, -0.25) is 14.5 Å². The summed E-state index contributed by atoms with van der Waals surface area (Å²) in [6, 6.07) is 13.6. The molecule has 1 aliphatic heterocycles. The number of benzene rings is 1. The molecule has 1 aromatic heterocycles. The van der Waals surface area contributed by atoms with Crippen molar-refractivity contribution >= 4 is 17.6 Å². The molecule has 0 spiro atoms. The lowest BCUT2D eigenvalue weighted by atomic mass is 9.97. The number of carbonyl (C=O) groups excluding carboxylic acids is 2. The van der Waals surface area contributed by atoms with E-state index in [-0.39, 0.29) is 17.7 Å². The zero-order valence-corrected chi connectivity index (χ0v) is 16.6. The third kappa shape index (κ3) is 5.63. The Bertz CT molecular complexity index is 837. The van der Waals surface area contributed by atoms with Gasteiger partial charge < -0.3 is 10.6 Å². The van der Waals surface area contributed by atoms with Crippen molar-refractivity contribution in [3.8, 4) is 0 Å². The van der Waals surface area contributed by atoms with Crippen LogP contribution >= 0.6 is 0 Å². The number of piperidine rings is 1. The van der Waals surface area contributed by atoms with Gasteiger partial charge in [-0.1, -0.05) is 30.3 Å². The van der Waals surface area contributed by atoms with Crippen LogP contribution < -0.4 is 10.6 Å². The molecule has 1 saturated heterocycles. The largest absolute Gasteiger partial charge is 0.351 e. The Morgan fingerprint density at radius 3 is 2.75 bits per heavy atom. The van der Waals surface area contributed by atoms with Gasteiger partial charge in [0.2, 0.25) is 11.8 Å². The first-order valence-electron chi connectivity index (χ1n) is 9.79. The molecule has 1 atom stereocenters. The number of hydrogen-bond donors (Lipinski definition) is 2. The fourth-order valence-electron chi connectivity index (χ4n) is 3.52. The van der Waals surface area contributed by atoms with Gasteiger partial charge in [-0.15, -0.1) is 0 Å². The minimum Gasteiger partial charge on any atom is -0.351 e. The van der Waals surface area contributed by atoms with Gasteiger partial charge >= 0.3 is 0 Å². The van der Waals surface area contributed by atoms with E-state index in [0.717, 1.165) is 30.6 Å². The maximum absolute atomic E-state index is 12.6. The fraction of sp³-hybridized carbons (Fsp3) is 0.409. The van der Waals surface area contributed by atoms with E-state index in [4.69, 9.17) is 0 Å². The standard InChI is InChI=1S/C22H28N4O2/c1-16-7-3-4-9-18(16)13-23-21(27)15-26-12-6-10-19(14-26)22(28)25-20-11-5-8-17(2)24-20/h3-5,7-9,11,19H,6,10,12-15H2,1-2H3,(H,23,27)(H,24,25,28). The van der Waals surface area contributed by atoms with Gasteiger partial charge in [0.25, 0.3) is 0 Å². The monoisotopic (exact) mass is 380 g/mol. The zero-order chi connectivity index (χ0) is 19.9. The molecule has 1 aliphatic rings. The highest BCUT2D eigenvalue weighted by Gasteiger charge is 2.27. The molecular formula is C22H28N4O2. The second-order valence-corrected chi connectivity index (χ2v) is 7.43. The van der Waals surface area contributed by atoms with Crippen molar-refractivity contribution in [2.45, 2.75) is 33.2 Å². The molecule has 148 valence electrons. The number of pyridine rings is 1. The predicted octanol–water partition coefficient (Wildman–Crippen LogP) is 2.67. The molecule has 2 amide bonds. The second-order valence-electron chi connectivity index (χ2n) is 7.43. The third-order valence-electron chi connectivity index (χ3n) is 5.12. The SMILES string of the molecule is Cc1cccc(NC(=O)C2CCCN(CC(=O)NCc3ccccc3C)C2)n1. The molecule has 1 unspecified atom stereocenters. The Kier molecular flexibility index (Phi) is 6.76. The molecule has 2 aromatic rings. The summed E-state index contributed by atoms with van der Waals surface area (Å²) in [6.07, 6.45) is 1.74. The molecule has 2 heterocycles. The van der Waals surface area contributed by atoms with Gasteiger partial charge in [0.05, 0.1) is 12.5 Å². The van der Waals surface area contributed by atoms with E-state index in [2.05, 4.69) is 20.5 Å². The molecule has 1 fully saturated rings. The summed E-state index contributed by atoms with van der Waals surface area (Å²) in [7, 11) is 0. The number of nitrogens with zero attached hydrogens (tertiary/aromatic N) is 2. The van der Waals surface area contributed by atoms with E-state index in [0.29, 0.717) is 25.5 Å². The Labute approximate surface area is 166 Å². The maximum atomic E-state index is 12.6. The van der Waals surface area contributed by atoms with Crippen molar-refractivity contribution in [1.82, 2.24) is 15.2 Å². The Morgan fingerprint density at radius 2 is 1.96 bits per heavy atom. The highest BCUT2D eigenvalue weighted by Crippen LogP contribution is 2.18. The van der Waals surface area contributed by atoms with Gasteiger partial charge in [-0.2, -0.15) is 0 Å². The van der Waals surface area contributed by atoms with Crippen LogP contribution in [0.1, 0.15) is 29.7 Å².